The Morgan fingerprint density at radius 3 is 2.69 bits per heavy atom. The van der Waals surface area contributed by atoms with Gasteiger partial charge in [-0.2, -0.15) is 0 Å². The molecule has 1 saturated carbocycles. The highest BCUT2D eigenvalue weighted by Crippen LogP contribution is 2.29. The van der Waals surface area contributed by atoms with Crippen LogP contribution in [0.15, 0.2) is 22.7 Å². The van der Waals surface area contributed by atoms with E-state index >= 15 is 0 Å². The van der Waals surface area contributed by atoms with E-state index in [4.69, 9.17) is 0 Å². The average Bonchev–Trinajstić information content (AvgIpc) is 1.99. The van der Waals surface area contributed by atoms with Gasteiger partial charge >= 0.3 is 0 Å². The number of rotatable bonds is 2. The van der Waals surface area contributed by atoms with Crippen molar-refractivity contribution in [2.45, 2.75) is 25.3 Å². The van der Waals surface area contributed by atoms with Gasteiger partial charge in [0.2, 0.25) is 0 Å². The van der Waals surface area contributed by atoms with Crippen molar-refractivity contribution in [2.24, 2.45) is 0 Å². The number of hydrogen-bond donors (Lipinski definition) is 1. The fourth-order valence-electron chi connectivity index (χ4n) is 1.38. The lowest BCUT2D eigenvalue weighted by molar-refractivity contribution is 0.445. The van der Waals surface area contributed by atoms with Gasteiger partial charge in [-0.05, 0) is 76.0 Å². The topological polar surface area (TPSA) is 12.0 Å². The minimum atomic E-state index is 0.705. The Hall–Kier alpha value is 0.230. The molecule has 13 heavy (non-hydrogen) atoms. The Morgan fingerprint density at radius 2 is 2.15 bits per heavy atom. The number of hydrogen-bond acceptors (Lipinski definition) is 1. The van der Waals surface area contributed by atoms with Crippen LogP contribution in [-0.4, -0.2) is 6.04 Å². The first-order valence-corrected chi connectivity index (χ1v) is 6.34. The zero-order valence-corrected chi connectivity index (χ0v) is 10.9. The van der Waals surface area contributed by atoms with E-state index in [-0.39, 0.29) is 0 Å². The van der Waals surface area contributed by atoms with E-state index in [1.807, 2.05) is 0 Å². The van der Waals surface area contributed by atoms with Crippen LogP contribution >= 0.6 is 38.5 Å². The Morgan fingerprint density at radius 1 is 1.38 bits per heavy atom. The summed E-state index contributed by atoms with van der Waals surface area (Å²) >= 11 is 5.88. The largest absolute Gasteiger partial charge is 0.381 e. The van der Waals surface area contributed by atoms with Crippen LogP contribution < -0.4 is 5.32 Å². The van der Waals surface area contributed by atoms with Gasteiger partial charge < -0.3 is 5.32 Å². The molecule has 1 N–H and O–H groups in total. The van der Waals surface area contributed by atoms with Crippen LogP contribution in [0.4, 0.5) is 5.69 Å². The van der Waals surface area contributed by atoms with Gasteiger partial charge in [0.1, 0.15) is 0 Å². The highest BCUT2D eigenvalue weighted by Gasteiger charge is 2.17. The molecule has 0 aliphatic heterocycles. The second kappa shape index (κ2) is 4.17. The summed E-state index contributed by atoms with van der Waals surface area (Å²) in [5, 5.41) is 3.52. The van der Waals surface area contributed by atoms with Crippen molar-refractivity contribution in [3.8, 4) is 0 Å². The van der Waals surface area contributed by atoms with Crippen molar-refractivity contribution < 1.29 is 0 Å². The third-order valence-electron chi connectivity index (χ3n) is 2.40. The van der Waals surface area contributed by atoms with Gasteiger partial charge in [0.05, 0.1) is 0 Å². The molecule has 0 aromatic heterocycles. The zero-order chi connectivity index (χ0) is 9.26. The molecule has 0 saturated heterocycles. The van der Waals surface area contributed by atoms with Gasteiger partial charge in [0.15, 0.2) is 0 Å². The molecular formula is C10H11BrIN. The quantitative estimate of drug-likeness (QED) is 0.793. The molecule has 0 heterocycles. The summed E-state index contributed by atoms with van der Waals surface area (Å²) in [5.74, 6) is 0. The monoisotopic (exact) mass is 351 g/mol. The molecule has 2 rings (SSSR count). The summed E-state index contributed by atoms with van der Waals surface area (Å²) < 4.78 is 2.44. The maximum atomic E-state index is 3.56. The van der Waals surface area contributed by atoms with Gasteiger partial charge in [-0.1, -0.05) is 0 Å². The van der Waals surface area contributed by atoms with Crippen LogP contribution in [0.1, 0.15) is 19.3 Å². The number of benzene rings is 1. The Kier molecular flexibility index (Phi) is 3.14. The Bertz CT molecular complexity index is 310. The minimum absolute atomic E-state index is 0.705. The molecule has 1 aliphatic carbocycles. The molecule has 1 aromatic carbocycles. The smallest absolute Gasteiger partial charge is 0.0487 e. The first kappa shape index (κ1) is 9.77. The van der Waals surface area contributed by atoms with E-state index in [1.165, 1.54) is 33.0 Å². The summed E-state index contributed by atoms with van der Waals surface area (Å²) in [4.78, 5) is 0. The maximum Gasteiger partial charge on any atom is 0.0487 e. The van der Waals surface area contributed by atoms with Gasteiger partial charge in [-0.25, -0.2) is 0 Å². The fourth-order valence-corrected chi connectivity index (χ4v) is 2.79. The van der Waals surface area contributed by atoms with Crippen molar-refractivity contribution in [3.05, 3.63) is 26.2 Å². The van der Waals surface area contributed by atoms with Crippen molar-refractivity contribution in [3.63, 3.8) is 0 Å². The predicted octanol–water partition coefficient (Wildman–Crippen LogP) is 4.02. The van der Waals surface area contributed by atoms with Gasteiger partial charge in [-0.15, -0.1) is 0 Å². The molecule has 0 amide bonds. The van der Waals surface area contributed by atoms with E-state index in [1.54, 1.807) is 0 Å². The number of halogens is 2. The minimum Gasteiger partial charge on any atom is -0.381 e. The van der Waals surface area contributed by atoms with Crippen LogP contribution in [0.3, 0.4) is 0 Å². The summed E-state index contributed by atoms with van der Waals surface area (Å²) in [6, 6.07) is 7.12. The lowest BCUT2D eigenvalue weighted by Crippen LogP contribution is -2.27. The number of anilines is 1. The maximum absolute atomic E-state index is 3.56. The van der Waals surface area contributed by atoms with E-state index < -0.39 is 0 Å². The molecule has 1 aromatic rings. The molecular weight excluding hydrogens is 341 g/mol. The molecule has 70 valence electrons. The molecule has 3 heteroatoms. The second-order valence-corrected chi connectivity index (χ2v) is 5.50. The highest BCUT2D eigenvalue weighted by atomic mass is 127. The Labute approximate surface area is 101 Å². The molecule has 1 fully saturated rings. The summed E-state index contributed by atoms with van der Waals surface area (Å²) in [6.45, 7) is 0. The van der Waals surface area contributed by atoms with E-state index in [2.05, 4.69) is 62.0 Å². The lowest BCUT2D eigenvalue weighted by atomic mass is 9.93. The third-order valence-corrected chi connectivity index (χ3v) is 3.72. The molecule has 0 spiro atoms. The van der Waals surface area contributed by atoms with Gasteiger partial charge in [-0.3, -0.25) is 0 Å². The average molecular weight is 352 g/mol. The van der Waals surface area contributed by atoms with Crippen molar-refractivity contribution in [2.75, 3.05) is 5.32 Å². The van der Waals surface area contributed by atoms with Crippen LogP contribution in [0.25, 0.3) is 0 Å². The van der Waals surface area contributed by atoms with Gasteiger partial charge in [0.25, 0.3) is 0 Å². The zero-order valence-electron chi connectivity index (χ0n) is 7.19. The van der Waals surface area contributed by atoms with Crippen molar-refractivity contribution >= 4 is 44.2 Å². The van der Waals surface area contributed by atoms with Gasteiger partial charge in [0, 0.05) is 19.8 Å². The fraction of sp³-hybridized carbons (Fsp3) is 0.400. The molecule has 1 nitrogen and oxygen atoms in total. The summed E-state index contributed by atoms with van der Waals surface area (Å²) in [6.07, 6.45) is 4.01. The number of nitrogens with one attached hydrogen (secondary N) is 1. The first-order chi connectivity index (χ1) is 6.25. The van der Waals surface area contributed by atoms with Crippen LogP contribution in [0.5, 0.6) is 0 Å². The van der Waals surface area contributed by atoms with Crippen LogP contribution in [0, 0.1) is 3.57 Å². The van der Waals surface area contributed by atoms with E-state index in [0.29, 0.717) is 6.04 Å². The lowest BCUT2D eigenvalue weighted by Gasteiger charge is -2.28. The third kappa shape index (κ3) is 2.37. The van der Waals surface area contributed by atoms with E-state index in [0.717, 1.165) is 0 Å². The standard InChI is InChI=1S/C10H11BrIN/c11-9-6-7(12)4-5-10(9)13-8-2-1-3-8/h4-6,8,13H,1-3H2. The van der Waals surface area contributed by atoms with Crippen molar-refractivity contribution in [1.82, 2.24) is 0 Å². The predicted molar refractivity (Wildman–Crippen MR) is 68.1 cm³/mol. The first-order valence-electron chi connectivity index (χ1n) is 4.47. The molecule has 0 radical (unpaired) electrons. The molecule has 0 unspecified atom stereocenters. The summed E-state index contributed by atoms with van der Waals surface area (Å²) in [5.41, 5.74) is 1.23. The molecule has 1 aliphatic rings. The Balaban J connectivity index is 2.10. The summed E-state index contributed by atoms with van der Waals surface area (Å²) in [7, 11) is 0. The highest BCUT2D eigenvalue weighted by molar-refractivity contribution is 14.1. The van der Waals surface area contributed by atoms with Crippen LogP contribution in [0.2, 0.25) is 0 Å². The molecule has 0 bridgehead atoms. The van der Waals surface area contributed by atoms with Crippen LogP contribution in [-0.2, 0) is 0 Å². The van der Waals surface area contributed by atoms with E-state index in [9.17, 15) is 0 Å². The SMILES string of the molecule is Brc1cc(I)ccc1NC1CCC1. The second-order valence-electron chi connectivity index (χ2n) is 3.40. The molecule has 0 atom stereocenters. The normalized spacial score (nSPS) is 16.8. The van der Waals surface area contributed by atoms with Crippen molar-refractivity contribution in [1.29, 1.82) is 0 Å².